The fraction of sp³-hybridized carbons (Fsp3) is 0.130. The fourth-order valence-corrected chi connectivity index (χ4v) is 5.73. The predicted molar refractivity (Wildman–Crippen MR) is 117 cm³/mol. The Labute approximate surface area is 186 Å². The average Bonchev–Trinajstić information content (AvgIpc) is 3.22. The number of carbonyl (C=O) groups is 2. The van der Waals surface area contributed by atoms with Crippen molar-refractivity contribution >= 4 is 46.6 Å². The molecule has 0 aromatic heterocycles. The summed E-state index contributed by atoms with van der Waals surface area (Å²) in [5.41, 5.74) is 1.84. The van der Waals surface area contributed by atoms with Gasteiger partial charge < -0.3 is 4.90 Å². The molecule has 156 valence electrons. The average molecular weight is 457 g/mol. The number of fused-ring (bicyclic) bond motifs is 2. The summed E-state index contributed by atoms with van der Waals surface area (Å²) in [6, 6.07) is 17.0. The molecule has 0 aliphatic carbocycles. The van der Waals surface area contributed by atoms with Crippen molar-refractivity contribution < 1.29 is 18.4 Å². The van der Waals surface area contributed by atoms with Gasteiger partial charge in [0, 0.05) is 21.8 Å². The van der Waals surface area contributed by atoms with Gasteiger partial charge in [-0.25, -0.2) is 8.78 Å². The Morgan fingerprint density at radius 1 is 0.968 bits per heavy atom. The fourth-order valence-electron chi connectivity index (χ4n) is 4.14. The van der Waals surface area contributed by atoms with Crippen LogP contribution >= 0.6 is 23.4 Å². The molecule has 4 nitrogen and oxygen atoms in total. The molecular weight excluding hydrogens is 442 g/mol. The lowest BCUT2D eigenvalue weighted by Gasteiger charge is -2.33. The van der Waals surface area contributed by atoms with E-state index >= 15 is 0 Å². The van der Waals surface area contributed by atoms with Crippen molar-refractivity contribution in [3.05, 3.63) is 94.5 Å². The second-order valence-electron chi connectivity index (χ2n) is 7.25. The summed E-state index contributed by atoms with van der Waals surface area (Å²) >= 11 is 7.42. The smallest absolute Gasteiger partial charge is 0.269 e. The summed E-state index contributed by atoms with van der Waals surface area (Å²) in [7, 11) is 0. The van der Waals surface area contributed by atoms with Gasteiger partial charge in [0.25, 0.3) is 5.91 Å². The van der Waals surface area contributed by atoms with E-state index < -0.39 is 16.5 Å². The van der Waals surface area contributed by atoms with Gasteiger partial charge in [-0.3, -0.25) is 14.5 Å². The highest BCUT2D eigenvalue weighted by Gasteiger charge is 2.61. The number of benzene rings is 3. The molecule has 1 saturated heterocycles. The Morgan fingerprint density at radius 3 is 2.45 bits per heavy atom. The molecule has 1 fully saturated rings. The summed E-state index contributed by atoms with van der Waals surface area (Å²) in [4.78, 5) is 28.3. The van der Waals surface area contributed by atoms with Crippen LogP contribution in [0.4, 0.5) is 20.2 Å². The highest BCUT2D eigenvalue weighted by atomic mass is 35.5. The van der Waals surface area contributed by atoms with Crippen LogP contribution in [0.25, 0.3) is 0 Å². The molecule has 0 unspecified atom stereocenters. The Balaban J connectivity index is 1.65. The van der Waals surface area contributed by atoms with Gasteiger partial charge in [0.15, 0.2) is 0 Å². The monoisotopic (exact) mass is 456 g/mol. The zero-order valence-electron chi connectivity index (χ0n) is 16.0. The quantitative estimate of drug-likeness (QED) is 0.550. The van der Waals surface area contributed by atoms with E-state index in [0.717, 1.165) is 0 Å². The van der Waals surface area contributed by atoms with Crippen molar-refractivity contribution in [2.75, 3.05) is 15.6 Å². The van der Waals surface area contributed by atoms with Gasteiger partial charge in [0.05, 0.1) is 18.0 Å². The SMILES string of the molecule is O=C1CS[C@]2(C(=O)N(Cc3c(F)cccc3Cl)c3ccccc32)N1c1ccc(F)cc1. The molecule has 1 spiro atoms. The molecule has 2 aliphatic rings. The lowest BCUT2D eigenvalue weighted by atomic mass is 10.0. The summed E-state index contributed by atoms with van der Waals surface area (Å²) in [5, 5.41) is 0.219. The first kappa shape index (κ1) is 20.0. The number of amides is 2. The van der Waals surface area contributed by atoms with Crippen LogP contribution in [0, 0.1) is 11.6 Å². The van der Waals surface area contributed by atoms with Crippen LogP contribution in [-0.4, -0.2) is 17.6 Å². The Bertz CT molecular complexity index is 1200. The summed E-state index contributed by atoms with van der Waals surface area (Å²) in [6.07, 6.45) is 0. The molecule has 1 atom stereocenters. The van der Waals surface area contributed by atoms with Gasteiger partial charge in [-0.05, 0) is 42.5 Å². The number of halogens is 3. The van der Waals surface area contributed by atoms with E-state index in [1.807, 2.05) is 0 Å². The maximum Gasteiger partial charge on any atom is 0.269 e. The second kappa shape index (κ2) is 7.35. The van der Waals surface area contributed by atoms with E-state index in [1.165, 1.54) is 58.0 Å². The number of nitrogens with zero attached hydrogens (tertiary/aromatic N) is 2. The Kier molecular flexibility index (Phi) is 4.75. The first-order valence-electron chi connectivity index (χ1n) is 9.50. The number of carbonyl (C=O) groups excluding carboxylic acids is 2. The highest BCUT2D eigenvalue weighted by molar-refractivity contribution is 8.02. The number of rotatable bonds is 3. The van der Waals surface area contributed by atoms with E-state index in [0.29, 0.717) is 16.9 Å². The second-order valence-corrected chi connectivity index (χ2v) is 8.82. The van der Waals surface area contributed by atoms with Crippen molar-refractivity contribution in [3.8, 4) is 0 Å². The van der Waals surface area contributed by atoms with Crippen LogP contribution in [0.1, 0.15) is 11.1 Å². The van der Waals surface area contributed by atoms with E-state index in [9.17, 15) is 18.4 Å². The third-order valence-electron chi connectivity index (χ3n) is 5.53. The lowest BCUT2D eigenvalue weighted by molar-refractivity contribution is -0.123. The Morgan fingerprint density at radius 2 is 1.71 bits per heavy atom. The third kappa shape index (κ3) is 2.95. The molecule has 0 radical (unpaired) electrons. The van der Waals surface area contributed by atoms with Crippen molar-refractivity contribution in [2.45, 2.75) is 11.4 Å². The van der Waals surface area contributed by atoms with Crippen molar-refractivity contribution in [1.82, 2.24) is 0 Å². The number of hydrogen-bond donors (Lipinski definition) is 0. The minimum Gasteiger partial charge on any atom is -0.304 e. The van der Waals surface area contributed by atoms with E-state index in [2.05, 4.69) is 0 Å². The lowest BCUT2D eigenvalue weighted by Crippen LogP contribution is -2.49. The maximum atomic E-state index is 14.5. The molecule has 2 amide bonds. The van der Waals surface area contributed by atoms with Crippen LogP contribution in [0.5, 0.6) is 0 Å². The van der Waals surface area contributed by atoms with Gasteiger partial charge in [-0.15, -0.1) is 11.8 Å². The van der Waals surface area contributed by atoms with Crippen LogP contribution in [0.2, 0.25) is 5.02 Å². The van der Waals surface area contributed by atoms with E-state index in [4.69, 9.17) is 11.6 Å². The van der Waals surface area contributed by atoms with E-state index in [-0.39, 0.29) is 34.7 Å². The van der Waals surface area contributed by atoms with Gasteiger partial charge >= 0.3 is 0 Å². The highest BCUT2D eigenvalue weighted by Crippen LogP contribution is 2.56. The van der Waals surface area contributed by atoms with Crippen molar-refractivity contribution in [1.29, 1.82) is 0 Å². The number of hydrogen-bond acceptors (Lipinski definition) is 3. The summed E-state index contributed by atoms with van der Waals surface area (Å²) in [5.74, 6) is -1.49. The van der Waals surface area contributed by atoms with Crippen LogP contribution in [0.3, 0.4) is 0 Å². The topological polar surface area (TPSA) is 40.6 Å². The zero-order valence-corrected chi connectivity index (χ0v) is 17.6. The molecule has 0 saturated carbocycles. The van der Waals surface area contributed by atoms with E-state index in [1.54, 1.807) is 30.3 Å². The normalized spacial score (nSPS) is 20.1. The molecule has 3 aromatic rings. The molecule has 2 aliphatic heterocycles. The molecule has 0 N–H and O–H groups in total. The number of thioether (sulfide) groups is 1. The molecular formula is C23H15ClF2N2O2S. The third-order valence-corrected chi connectivity index (χ3v) is 7.27. The summed E-state index contributed by atoms with van der Waals surface area (Å²) < 4.78 is 28.0. The van der Waals surface area contributed by atoms with Gasteiger partial charge in [-0.2, -0.15) is 0 Å². The van der Waals surface area contributed by atoms with Crippen LogP contribution < -0.4 is 9.80 Å². The van der Waals surface area contributed by atoms with Crippen LogP contribution in [-0.2, 0) is 21.0 Å². The minimum atomic E-state index is -1.34. The summed E-state index contributed by atoms with van der Waals surface area (Å²) in [6.45, 7) is -0.0743. The Hall–Kier alpha value is -2.90. The first-order valence-corrected chi connectivity index (χ1v) is 10.9. The first-order chi connectivity index (χ1) is 14.9. The van der Waals surface area contributed by atoms with Crippen molar-refractivity contribution in [3.63, 3.8) is 0 Å². The van der Waals surface area contributed by atoms with Gasteiger partial charge in [-0.1, -0.05) is 35.9 Å². The number of para-hydroxylation sites is 1. The molecule has 31 heavy (non-hydrogen) atoms. The molecule has 0 bridgehead atoms. The predicted octanol–water partition coefficient (Wildman–Crippen LogP) is 5.10. The van der Waals surface area contributed by atoms with Gasteiger partial charge in [0.1, 0.15) is 11.6 Å². The van der Waals surface area contributed by atoms with Crippen molar-refractivity contribution in [2.24, 2.45) is 0 Å². The molecule has 2 heterocycles. The molecule has 5 rings (SSSR count). The molecule has 8 heteroatoms. The minimum absolute atomic E-state index is 0.0743. The molecule has 3 aromatic carbocycles. The number of anilines is 2. The van der Waals surface area contributed by atoms with Crippen LogP contribution in [0.15, 0.2) is 66.7 Å². The largest absolute Gasteiger partial charge is 0.304 e. The van der Waals surface area contributed by atoms with Gasteiger partial charge in [0.2, 0.25) is 10.8 Å². The maximum absolute atomic E-state index is 14.5. The zero-order chi connectivity index (χ0) is 21.8. The standard InChI is InChI=1S/C23H15ClF2N2O2S/c24-18-5-3-6-19(26)16(18)12-27-20-7-2-1-4-17(20)23(22(27)30)28(21(29)13-31-23)15-10-8-14(25)9-11-15/h1-11H,12-13H2/t23-/m1/s1.